The van der Waals surface area contributed by atoms with Crippen molar-refractivity contribution in [2.24, 2.45) is 10.9 Å². The Bertz CT molecular complexity index is 643. The molecule has 0 fully saturated rings. The summed E-state index contributed by atoms with van der Waals surface area (Å²) in [5, 5.41) is 15.6. The third kappa shape index (κ3) is 3.19. The van der Waals surface area contributed by atoms with E-state index in [1.165, 1.54) is 0 Å². The molecule has 20 heavy (non-hydrogen) atoms. The van der Waals surface area contributed by atoms with Gasteiger partial charge >= 0.3 is 0 Å². The lowest BCUT2D eigenvalue weighted by molar-refractivity contribution is 0.318. The van der Waals surface area contributed by atoms with E-state index >= 15 is 0 Å². The second-order valence-electron chi connectivity index (χ2n) is 4.30. The number of amidine groups is 1. The maximum absolute atomic E-state index is 8.65. The summed E-state index contributed by atoms with van der Waals surface area (Å²) in [5.74, 6) is -0.00853. The monoisotopic (exact) mass is 290 g/mol. The number of nitrogens with one attached hydrogen (secondary N) is 1. The summed E-state index contributed by atoms with van der Waals surface area (Å²) in [6, 6.07) is 9.34. The van der Waals surface area contributed by atoms with Crippen LogP contribution in [0.5, 0.6) is 0 Å². The Balaban J connectivity index is 2.13. The van der Waals surface area contributed by atoms with E-state index in [1.807, 2.05) is 31.2 Å². The summed E-state index contributed by atoms with van der Waals surface area (Å²) in [4.78, 5) is 4.03. The van der Waals surface area contributed by atoms with Gasteiger partial charge in [0.15, 0.2) is 5.84 Å². The highest BCUT2D eigenvalue weighted by Crippen LogP contribution is 2.23. The molecule has 0 spiro atoms. The van der Waals surface area contributed by atoms with E-state index in [1.54, 1.807) is 12.3 Å². The summed E-state index contributed by atoms with van der Waals surface area (Å²) >= 11 is 6.07. The summed E-state index contributed by atoms with van der Waals surface area (Å²) < 4.78 is 0. The Labute approximate surface area is 122 Å². The molecule has 0 radical (unpaired) electrons. The highest BCUT2D eigenvalue weighted by atomic mass is 35.5. The molecule has 2 rings (SSSR count). The molecule has 0 unspecified atom stereocenters. The maximum Gasteiger partial charge on any atom is 0.188 e. The van der Waals surface area contributed by atoms with E-state index in [0.717, 1.165) is 21.8 Å². The number of benzene rings is 1. The second-order valence-corrected chi connectivity index (χ2v) is 4.71. The average Bonchev–Trinajstić information content (AvgIpc) is 2.48. The molecule has 4 N–H and O–H groups in total. The second kappa shape index (κ2) is 6.25. The first-order valence-electron chi connectivity index (χ1n) is 6.03. The molecule has 2 aromatic rings. The van der Waals surface area contributed by atoms with Crippen molar-refractivity contribution in [3.05, 3.63) is 58.4 Å². The number of nitrogens with zero attached hydrogens (tertiary/aromatic N) is 2. The molecule has 6 heteroatoms. The van der Waals surface area contributed by atoms with Gasteiger partial charge in [-0.1, -0.05) is 22.8 Å². The van der Waals surface area contributed by atoms with E-state index < -0.39 is 0 Å². The highest BCUT2D eigenvalue weighted by Gasteiger charge is 2.04. The third-order valence-corrected chi connectivity index (χ3v) is 3.35. The fourth-order valence-corrected chi connectivity index (χ4v) is 1.95. The van der Waals surface area contributed by atoms with Gasteiger partial charge in [0.2, 0.25) is 0 Å². The lowest BCUT2D eigenvalue weighted by atomic mass is 10.1. The van der Waals surface area contributed by atoms with Crippen LogP contribution < -0.4 is 11.1 Å². The van der Waals surface area contributed by atoms with Gasteiger partial charge in [-0.15, -0.1) is 0 Å². The molecule has 0 saturated carbocycles. The molecule has 0 aliphatic heterocycles. The topological polar surface area (TPSA) is 83.5 Å². The van der Waals surface area contributed by atoms with Crippen molar-refractivity contribution in [1.29, 1.82) is 0 Å². The van der Waals surface area contributed by atoms with Gasteiger partial charge in [0.25, 0.3) is 0 Å². The van der Waals surface area contributed by atoms with Gasteiger partial charge in [-0.2, -0.15) is 0 Å². The molecule has 0 atom stereocenters. The molecular weight excluding hydrogens is 276 g/mol. The van der Waals surface area contributed by atoms with Crippen LogP contribution in [-0.2, 0) is 6.54 Å². The minimum atomic E-state index is -0.00853. The van der Waals surface area contributed by atoms with E-state index in [9.17, 15) is 0 Å². The smallest absolute Gasteiger partial charge is 0.188 e. The van der Waals surface area contributed by atoms with Crippen LogP contribution in [0.25, 0.3) is 0 Å². The molecule has 1 heterocycles. The fraction of sp³-hybridized carbons (Fsp3) is 0.143. The van der Waals surface area contributed by atoms with Gasteiger partial charge in [-0.05, 0) is 42.3 Å². The number of oxime groups is 1. The van der Waals surface area contributed by atoms with Crippen LogP contribution in [0.4, 0.5) is 5.69 Å². The van der Waals surface area contributed by atoms with E-state index in [2.05, 4.69) is 15.5 Å². The van der Waals surface area contributed by atoms with Crippen LogP contribution >= 0.6 is 11.6 Å². The Morgan fingerprint density at radius 1 is 1.45 bits per heavy atom. The molecule has 0 amide bonds. The summed E-state index contributed by atoms with van der Waals surface area (Å²) in [6.07, 6.45) is 1.62. The first-order chi connectivity index (χ1) is 9.61. The SMILES string of the molecule is Cc1c(Cl)cccc1NCc1ccnc(C(N)=NO)c1. The van der Waals surface area contributed by atoms with Crippen LogP contribution in [0.1, 0.15) is 16.8 Å². The van der Waals surface area contributed by atoms with Crippen molar-refractivity contribution in [3.63, 3.8) is 0 Å². The third-order valence-electron chi connectivity index (χ3n) is 2.95. The predicted molar refractivity (Wildman–Crippen MR) is 80.3 cm³/mol. The van der Waals surface area contributed by atoms with Gasteiger partial charge < -0.3 is 16.3 Å². The number of anilines is 1. The maximum atomic E-state index is 8.65. The Kier molecular flexibility index (Phi) is 4.42. The largest absolute Gasteiger partial charge is 0.409 e. The average molecular weight is 291 g/mol. The summed E-state index contributed by atoms with van der Waals surface area (Å²) in [6.45, 7) is 2.55. The summed E-state index contributed by atoms with van der Waals surface area (Å²) in [7, 11) is 0. The Morgan fingerprint density at radius 3 is 3.00 bits per heavy atom. The minimum Gasteiger partial charge on any atom is -0.409 e. The van der Waals surface area contributed by atoms with E-state index in [4.69, 9.17) is 22.5 Å². The first-order valence-corrected chi connectivity index (χ1v) is 6.41. The highest BCUT2D eigenvalue weighted by molar-refractivity contribution is 6.31. The van der Waals surface area contributed by atoms with Crippen LogP contribution in [0, 0.1) is 6.92 Å². The lowest BCUT2D eigenvalue weighted by Gasteiger charge is -2.11. The molecule has 1 aromatic carbocycles. The van der Waals surface area contributed by atoms with Crippen molar-refractivity contribution >= 4 is 23.1 Å². The van der Waals surface area contributed by atoms with Crippen LogP contribution in [0.3, 0.4) is 0 Å². The summed E-state index contributed by atoms with van der Waals surface area (Å²) in [5.41, 5.74) is 8.90. The van der Waals surface area contributed by atoms with E-state index in [0.29, 0.717) is 12.2 Å². The zero-order valence-corrected chi connectivity index (χ0v) is 11.7. The lowest BCUT2D eigenvalue weighted by Crippen LogP contribution is -2.15. The quantitative estimate of drug-likeness (QED) is 0.350. The van der Waals surface area contributed by atoms with Crippen molar-refractivity contribution in [1.82, 2.24) is 4.98 Å². The van der Waals surface area contributed by atoms with Gasteiger partial charge in [0.05, 0.1) is 0 Å². The molecule has 5 nitrogen and oxygen atoms in total. The van der Waals surface area contributed by atoms with Gasteiger partial charge in [0.1, 0.15) is 5.69 Å². The van der Waals surface area contributed by atoms with Crippen LogP contribution in [0.2, 0.25) is 5.02 Å². The van der Waals surface area contributed by atoms with Crippen LogP contribution in [-0.4, -0.2) is 16.0 Å². The van der Waals surface area contributed by atoms with Crippen molar-refractivity contribution in [2.75, 3.05) is 5.32 Å². The standard InChI is InChI=1S/C14H15ClN4O/c1-9-11(15)3-2-4-12(9)18-8-10-5-6-17-13(7-10)14(16)19-20/h2-7,18,20H,8H2,1H3,(H2,16,19). The number of rotatable bonds is 4. The van der Waals surface area contributed by atoms with Crippen molar-refractivity contribution in [3.8, 4) is 0 Å². The molecule has 0 aliphatic carbocycles. The number of aromatic nitrogens is 1. The molecule has 104 valence electrons. The Morgan fingerprint density at radius 2 is 2.25 bits per heavy atom. The van der Waals surface area contributed by atoms with Crippen LogP contribution in [0.15, 0.2) is 41.7 Å². The minimum absolute atomic E-state index is 0.00853. The molecular formula is C14H15ClN4O. The number of hydrogen-bond acceptors (Lipinski definition) is 4. The zero-order valence-electron chi connectivity index (χ0n) is 11.0. The fourth-order valence-electron chi connectivity index (χ4n) is 1.77. The number of nitrogens with two attached hydrogens (primary N) is 1. The molecule has 0 bridgehead atoms. The molecule has 1 aromatic heterocycles. The van der Waals surface area contributed by atoms with Crippen molar-refractivity contribution in [2.45, 2.75) is 13.5 Å². The number of pyridine rings is 1. The number of hydrogen-bond donors (Lipinski definition) is 3. The van der Waals surface area contributed by atoms with Gasteiger partial charge in [-0.3, -0.25) is 4.98 Å². The zero-order chi connectivity index (χ0) is 14.5. The normalized spacial score (nSPS) is 11.4. The van der Waals surface area contributed by atoms with Gasteiger partial charge in [-0.25, -0.2) is 0 Å². The van der Waals surface area contributed by atoms with Gasteiger partial charge in [0, 0.05) is 23.5 Å². The van der Waals surface area contributed by atoms with E-state index in [-0.39, 0.29) is 5.84 Å². The number of halogens is 1. The molecule has 0 aliphatic rings. The van der Waals surface area contributed by atoms with Crippen molar-refractivity contribution < 1.29 is 5.21 Å². The predicted octanol–water partition coefficient (Wildman–Crippen LogP) is 2.75. The Hall–Kier alpha value is -2.27. The molecule has 0 saturated heterocycles. The first kappa shape index (κ1) is 14.1.